The van der Waals surface area contributed by atoms with Crippen molar-refractivity contribution in [2.24, 2.45) is 0 Å². The largest absolute Gasteiger partial charge is 0.322 e. The molecule has 0 aliphatic heterocycles. The van der Waals surface area contributed by atoms with E-state index in [1.165, 1.54) is 0 Å². The van der Waals surface area contributed by atoms with Crippen molar-refractivity contribution in [3.05, 3.63) is 64.7 Å². The molecule has 0 aliphatic carbocycles. The summed E-state index contributed by atoms with van der Waals surface area (Å²) in [7, 11) is -3.13. The lowest BCUT2D eigenvalue weighted by Gasteiger charge is -2.07. The minimum Gasteiger partial charge on any atom is -0.322 e. The first-order valence-electron chi connectivity index (χ1n) is 6.17. The van der Waals surface area contributed by atoms with Crippen molar-refractivity contribution < 1.29 is 13.2 Å². The van der Waals surface area contributed by atoms with Crippen LogP contribution in [0.25, 0.3) is 0 Å². The second-order valence-corrected chi connectivity index (χ2v) is 7.31. The van der Waals surface area contributed by atoms with E-state index in [1.807, 2.05) is 0 Å². The quantitative estimate of drug-likeness (QED) is 0.940. The number of carbonyl (C=O) groups excluding carboxylic acids is 1. The molecule has 1 amide bonds. The number of nitrogens with one attached hydrogen (secondary N) is 1. The highest BCUT2D eigenvalue weighted by molar-refractivity contribution is 7.89. The van der Waals surface area contributed by atoms with E-state index in [1.54, 1.807) is 48.5 Å². The monoisotopic (exact) mass is 323 g/mol. The number of carbonyl (C=O) groups is 1. The number of rotatable bonds is 4. The lowest BCUT2D eigenvalue weighted by atomic mass is 10.1. The lowest BCUT2D eigenvalue weighted by Crippen LogP contribution is -2.12. The number of benzene rings is 2. The molecule has 0 unspecified atom stereocenters. The van der Waals surface area contributed by atoms with Crippen LogP contribution in [0.2, 0.25) is 5.02 Å². The van der Waals surface area contributed by atoms with Crippen molar-refractivity contribution in [3.63, 3.8) is 0 Å². The summed E-state index contributed by atoms with van der Waals surface area (Å²) < 4.78 is 22.6. The van der Waals surface area contributed by atoms with Gasteiger partial charge in [-0.1, -0.05) is 23.7 Å². The molecule has 21 heavy (non-hydrogen) atoms. The van der Waals surface area contributed by atoms with Crippen LogP contribution in [0.5, 0.6) is 0 Å². The van der Waals surface area contributed by atoms with Gasteiger partial charge in [0.1, 0.15) is 0 Å². The van der Waals surface area contributed by atoms with Crippen LogP contribution in [0, 0.1) is 0 Å². The van der Waals surface area contributed by atoms with Gasteiger partial charge in [0.25, 0.3) is 5.91 Å². The summed E-state index contributed by atoms with van der Waals surface area (Å²) in [5.41, 5.74) is 1.62. The molecule has 0 heterocycles. The fraction of sp³-hybridized carbons (Fsp3) is 0.133. The van der Waals surface area contributed by atoms with Crippen LogP contribution < -0.4 is 5.32 Å². The van der Waals surface area contributed by atoms with Crippen LogP contribution >= 0.6 is 11.6 Å². The van der Waals surface area contributed by atoms with Gasteiger partial charge in [0.05, 0.1) is 5.75 Å². The van der Waals surface area contributed by atoms with Gasteiger partial charge in [0.15, 0.2) is 9.84 Å². The molecule has 2 aromatic rings. The summed E-state index contributed by atoms with van der Waals surface area (Å²) in [6.07, 6.45) is 1.16. The Hall–Kier alpha value is -1.85. The standard InChI is InChI=1S/C15H14ClNO3S/c1-21(19,20)10-11-3-2-4-12(9-11)15(18)17-14-7-5-13(16)6-8-14/h2-9H,10H2,1H3,(H,17,18). The van der Waals surface area contributed by atoms with E-state index >= 15 is 0 Å². The summed E-state index contributed by atoms with van der Waals surface area (Å²) in [5.74, 6) is -0.387. The predicted octanol–water partition coefficient (Wildman–Crippen LogP) is 3.14. The first-order valence-corrected chi connectivity index (χ1v) is 8.61. The van der Waals surface area contributed by atoms with Crippen LogP contribution in [-0.4, -0.2) is 20.6 Å². The van der Waals surface area contributed by atoms with Crippen molar-refractivity contribution in [2.75, 3.05) is 11.6 Å². The third-order valence-electron chi connectivity index (χ3n) is 2.72. The van der Waals surface area contributed by atoms with Gasteiger partial charge in [-0.15, -0.1) is 0 Å². The van der Waals surface area contributed by atoms with Crippen LogP contribution in [0.4, 0.5) is 5.69 Å². The zero-order valence-electron chi connectivity index (χ0n) is 11.3. The van der Waals surface area contributed by atoms with Crippen molar-refractivity contribution in [3.8, 4) is 0 Å². The number of anilines is 1. The number of hydrogen-bond acceptors (Lipinski definition) is 3. The van der Waals surface area contributed by atoms with Crippen molar-refractivity contribution in [2.45, 2.75) is 5.75 Å². The van der Waals surface area contributed by atoms with Crippen LogP contribution in [0.15, 0.2) is 48.5 Å². The van der Waals surface area contributed by atoms with Gasteiger partial charge in [-0.3, -0.25) is 4.79 Å². The third kappa shape index (κ3) is 4.88. The molecule has 4 nitrogen and oxygen atoms in total. The molecule has 0 aliphatic rings. The molecule has 0 fully saturated rings. The Morgan fingerprint density at radius 3 is 2.43 bits per heavy atom. The van der Waals surface area contributed by atoms with E-state index in [9.17, 15) is 13.2 Å². The Balaban J connectivity index is 2.16. The van der Waals surface area contributed by atoms with Gasteiger partial charge >= 0.3 is 0 Å². The van der Waals surface area contributed by atoms with Gasteiger partial charge in [0, 0.05) is 22.5 Å². The Labute approximate surface area is 128 Å². The van der Waals surface area contributed by atoms with E-state index in [0.717, 1.165) is 6.26 Å². The molecule has 0 radical (unpaired) electrons. The first-order chi connectivity index (χ1) is 9.83. The molecule has 0 atom stereocenters. The van der Waals surface area contributed by atoms with E-state index in [4.69, 9.17) is 11.6 Å². The average molecular weight is 324 g/mol. The molecule has 0 aromatic heterocycles. The lowest BCUT2D eigenvalue weighted by molar-refractivity contribution is 0.102. The fourth-order valence-corrected chi connectivity index (χ4v) is 2.75. The smallest absolute Gasteiger partial charge is 0.255 e. The second-order valence-electron chi connectivity index (χ2n) is 4.73. The SMILES string of the molecule is CS(=O)(=O)Cc1cccc(C(=O)Nc2ccc(Cl)cc2)c1. The number of amides is 1. The van der Waals surface area contributed by atoms with Gasteiger partial charge in [-0.2, -0.15) is 0 Å². The molecule has 6 heteroatoms. The molecule has 2 aromatic carbocycles. The van der Waals surface area contributed by atoms with Crippen molar-refractivity contribution >= 4 is 33.0 Å². The molecule has 110 valence electrons. The van der Waals surface area contributed by atoms with Gasteiger partial charge in [0.2, 0.25) is 0 Å². The van der Waals surface area contributed by atoms with E-state index in [2.05, 4.69) is 5.32 Å². The minimum absolute atomic E-state index is 0.0882. The van der Waals surface area contributed by atoms with Gasteiger partial charge in [-0.25, -0.2) is 8.42 Å². The highest BCUT2D eigenvalue weighted by Gasteiger charge is 2.09. The Bertz CT molecular complexity index is 755. The summed E-state index contributed by atoms with van der Waals surface area (Å²) in [6, 6.07) is 13.3. The molecule has 0 bridgehead atoms. The maximum Gasteiger partial charge on any atom is 0.255 e. The maximum absolute atomic E-state index is 12.1. The summed E-state index contributed by atoms with van der Waals surface area (Å²) >= 11 is 5.78. The van der Waals surface area contributed by atoms with E-state index < -0.39 is 9.84 Å². The highest BCUT2D eigenvalue weighted by Crippen LogP contribution is 2.15. The zero-order valence-corrected chi connectivity index (χ0v) is 12.9. The first kappa shape index (κ1) is 15.5. The van der Waals surface area contributed by atoms with Gasteiger partial charge in [-0.05, 0) is 42.0 Å². The van der Waals surface area contributed by atoms with Crippen molar-refractivity contribution in [1.29, 1.82) is 0 Å². The van der Waals surface area contributed by atoms with Crippen LogP contribution in [0.3, 0.4) is 0 Å². The Morgan fingerprint density at radius 1 is 1.14 bits per heavy atom. The Kier molecular flexibility index (Phi) is 4.65. The van der Waals surface area contributed by atoms with Crippen LogP contribution in [-0.2, 0) is 15.6 Å². The highest BCUT2D eigenvalue weighted by atomic mass is 35.5. The third-order valence-corrected chi connectivity index (χ3v) is 3.83. The zero-order chi connectivity index (χ0) is 15.5. The van der Waals surface area contributed by atoms with E-state index in [-0.39, 0.29) is 11.7 Å². The number of halogens is 1. The topological polar surface area (TPSA) is 63.2 Å². The summed E-state index contributed by atoms with van der Waals surface area (Å²) in [6.45, 7) is 0. The molecule has 0 saturated carbocycles. The summed E-state index contributed by atoms with van der Waals surface area (Å²) in [5, 5.41) is 3.31. The predicted molar refractivity (Wildman–Crippen MR) is 84.4 cm³/mol. The average Bonchev–Trinajstić information content (AvgIpc) is 2.40. The molecule has 0 saturated heterocycles. The normalized spacial score (nSPS) is 11.1. The molecule has 0 spiro atoms. The summed E-state index contributed by atoms with van der Waals surface area (Å²) in [4.78, 5) is 12.1. The molecule has 1 N–H and O–H groups in total. The minimum atomic E-state index is -3.13. The van der Waals surface area contributed by atoms with E-state index in [0.29, 0.717) is 21.8 Å². The maximum atomic E-state index is 12.1. The number of sulfone groups is 1. The van der Waals surface area contributed by atoms with Gasteiger partial charge < -0.3 is 5.32 Å². The molecular formula is C15H14ClNO3S. The Morgan fingerprint density at radius 2 is 1.81 bits per heavy atom. The molecular weight excluding hydrogens is 310 g/mol. The molecule has 2 rings (SSSR count). The fourth-order valence-electron chi connectivity index (χ4n) is 1.84. The van der Waals surface area contributed by atoms with Crippen molar-refractivity contribution in [1.82, 2.24) is 0 Å². The second kappa shape index (κ2) is 6.28. The number of hydrogen-bond donors (Lipinski definition) is 1. The van der Waals surface area contributed by atoms with Crippen LogP contribution in [0.1, 0.15) is 15.9 Å².